The normalized spacial score (nSPS) is 28.8. The Morgan fingerprint density at radius 1 is 1.47 bits per heavy atom. The van der Waals surface area contributed by atoms with E-state index in [0.717, 1.165) is 24.1 Å². The fourth-order valence-electron chi connectivity index (χ4n) is 3.30. The molecule has 19 heavy (non-hydrogen) atoms. The van der Waals surface area contributed by atoms with Crippen LogP contribution in [0.4, 0.5) is 0 Å². The number of nitrogens with one attached hydrogen (secondary N) is 2. The number of hydrogen-bond donors (Lipinski definition) is 2. The number of amides is 1. The maximum absolute atomic E-state index is 11.9. The summed E-state index contributed by atoms with van der Waals surface area (Å²) in [4.78, 5) is 16.2. The van der Waals surface area contributed by atoms with Crippen molar-refractivity contribution < 1.29 is 4.79 Å². The lowest BCUT2D eigenvalue weighted by molar-refractivity contribution is -0.119. The summed E-state index contributed by atoms with van der Waals surface area (Å²) in [7, 11) is 0. The molecular weight excluding hydrogens is 260 g/mol. The molecule has 2 bridgehead atoms. The lowest BCUT2D eigenvalue weighted by Gasteiger charge is -2.22. The number of aromatic nitrogens is 3. The van der Waals surface area contributed by atoms with Crippen molar-refractivity contribution in [2.45, 2.75) is 50.2 Å². The Morgan fingerprint density at radius 3 is 3.00 bits per heavy atom. The zero-order chi connectivity index (χ0) is 13.2. The molecule has 0 radical (unpaired) electrons. The van der Waals surface area contributed by atoms with Crippen LogP contribution in [0, 0.1) is 11.8 Å². The molecule has 1 aromatic heterocycles. The Balaban J connectivity index is 1.44. The first-order valence-electron chi connectivity index (χ1n) is 7.08. The number of nitrogens with zero attached hydrogens (tertiary/aromatic N) is 2. The third-order valence-corrected chi connectivity index (χ3v) is 5.11. The van der Waals surface area contributed by atoms with Crippen LogP contribution >= 0.6 is 11.8 Å². The minimum Gasteiger partial charge on any atom is -0.352 e. The third kappa shape index (κ3) is 2.94. The van der Waals surface area contributed by atoms with Gasteiger partial charge in [0.2, 0.25) is 11.1 Å². The molecule has 6 heteroatoms. The van der Waals surface area contributed by atoms with E-state index in [1.54, 1.807) is 0 Å². The molecule has 2 fully saturated rings. The highest BCUT2D eigenvalue weighted by Crippen LogP contribution is 2.44. The van der Waals surface area contributed by atoms with Crippen molar-refractivity contribution in [3.05, 3.63) is 5.82 Å². The van der Waals surface area contributed by atoms with Gasteiger partial charge in [0.1, 0.15) is 5.82 Å². The number of hydrogen-bond acceptors (Lipinski definition) is 4. The minimum atomic E-state index is 0.116. The van der Waals surface area contributed by atoms with Gasteiger partial charge in [0.05, 0.1) is 5.75 Å². The molecule has 5 nitrogen and oxygen atoms in total. The van der Waals surface area contributed by atoms with Crippen molar-refractivity contribution in [1.29, 1.82) is 0 Å². The van der Waals surface area contributed by atoms with Gasteiger partial charge in [-0.25, -0.2) is 4.98 Å². The molecule has 1 heterocycles. The number of aryl methyl sites for hydroxylation is 1. The summed E-state index contributed by atoms with van der Waals surface area (Å²) in [5.41, 5.74) is 0. The van der Waals surface area contributed by atoms with Crippen LogP contribution in [0.15, 0.2) is 5.16 Å². The van der Waals surface area contributed by atoms with Gasteiger partial charge in [0.25, 0.3) is 0 Å². The number of carbonyl (C=O) groups excluding carboxylic acids is 1. The minimum absolute atomic E-state index is 0.116. The lowest BCUT2D eigenvalue weighted by atomic mass is 9.95. The average molecular weight is 280 g/mol. The summed E-state index contributed by atoms with van der Waals surface area (Å²) < 4.78 is 0. The molecule has 2 aliphatic rings. The molecular formula is C13H20N4OS. The Labute approximate surface area is 117 Å². The Hall–Kier alpha value is -1.04. The van der Waals surface area contributed by atoms with Gasteiger partial charge >= 0.3 is 0 Å². The van der Waals surface area contributed by atoms with E-state index in [4.69, 9.17) is 0 Å². The van der Waals surface area contributed by atoms with Crippen molar-refractivity contribution in [3.8, 4) is 0 Å². The molecule has 0 aromatic carbocycles. The van der Waals surface area contributed by atoms with E-state index in [1.807, 2.05) is 6.92 Å². The van der Waals surface area contributed by atoms with E-state index in [0.29, 0.717) is 17.0 Å². The Morgan fingerprint density at radius 2 is 2.37 bits per heavy atom. The van der Waals surface area contributed by atoms with Gasteiger partial charge in [-0.3, -0.25) is 9.89 Å². The second-order valence-electron chi connectivity index (χ2n) is 5.56. The fraction of sp³-hybridized carbons (Fsp3) is 0.769. The molecule has 0 saturated heterocycles. The van der Waals surface area contributed by atoms with Gasteiger partial charge in [-0.15, -0.1) is 5.10 Å². The lowest BCUT2D eigenvalue weighted by Crippen LogP contribution is -2.39. The van der Waals surface area contributed by atoms with Crippen LogP contribution in [0.2, 0.25) is 0 Å². The maximum atomic E-state index is 11.9. The van der Waals surface area contributed by atoms with Crippen LogP contribution < -0.4 is 5.32 Å². The maximum Gasteiger partial charge on any atom is 0.230 e. The molecule has 0 aliphatic heterocycles. The fourth-order valence-corrected chi connectivity index (χ4v) is 3.93. The first-order valence-corrected chi connectivity index (χ1v) is 8.06. The molecule has 0 spiro atoms. The first kappa shape index (κ1) is 13.0. The number of rotatable bonds is 5. The topological polar surface area (TPSA) is 70.7 Å². The highest BCUT2D eigenvalue weighted by Gasteiger charge is 2.39. The number of fused-ring (bicyclic) bond motifs is 2. The predicted octanol–water partition coefficient (Wildman–Crippen LogP) is 1.76. The molecule has 0 unspecified atom stereocenters. The molecule has 2 aliphatic carbocycles. The Kier molecular flexibility index (Phi) is 3.77. The van der Waals surface area contributed by atoms with Crippen molar-refractivity contribution in [2.75, 3.05) is 5.75 Å². The van der Waals surface area contributed by atoms with Crippen LogP contribution in [-0.2, 0) is 11.2 Å². The van der Waals surface area contributed by atoms with Crippen molar-refractivity contribution in [2.24, 2.45) is 11.8 Å². The highest BCUT2D eigenvalue weighted by atomic mass is 32.2. The van der Waals surface area contributed by atoms with Crippen LogP contribution in [0.1, 0.15) is 38.4 Å². The number of aromatic amines is 1. The highest BCUT2D eigenvalue weighted by molar-refractivity contribution is 7.99. The van der Waals surface area contributed by atoms with Gasteiger partial charge in [0.15, 0.2) is 0 Å². The van der Waals surface area contributed by atoms with Crippen LogP contribution in [0.25, 0.3) is 0 Å². The zero-order valence-corrected chi connectivity index (χ0v) is 12.0. The SMILES string of the molecule is CCc1nc(SCC(=O)N[C@H]2C[C@@H]3CC[C@@H]2C3)n[nH]1. The smallest absolute Gasteiger partial charge is 0.230 e. The first-order chi connectivity index (χ1) is 9.24. The van der Waals surface area contributed by atoms with E-state index in [2.05, 4.69) is 20.5 Å². The third-order valence-electron chi connectivity index (χ3n) is 4.26. The van der Waals surface area contributed by atoms with Gasteiger partial charge in [-0.1, -0.05) is 25.1 Å². The number of H-pyrrole nitrogens is 1. The summed E-state index contributed by atoms with van der Waals surface area (Å²) in [6.45, 7) is 2.02. The summed E-state index contributed by atoms with van der Waals surface area (Å²) in [6.07, 6.45) is 6.00. The van der Waals surface area contributed by atoms with E-state index < -0.39 is 0 Å². The van der Waals surface area contributed by atoms with Crippen molar-refractivity contribution in [1.82, 2.24) is 20.5 Å². The summed E-state index contributed by atoms with van der Waals surface area (Å²) in [5, 5.41) is 10.8. The standard InChI is InChI=1S/C13H20N4OS/c1-2-11-15-13(17-16-11)19-7-12(18)14-10-6-8-3-4-9(10)5-8/h8-10H,2-7H2,1H3,(H,14,18)(H,15,16,17)/t8-,9-,10+/m1/s1. The summed E-state index contributed by atoms with van der Waals surface area (Å²) in [6, 6.07) is 0.421. The van der Waals surface area contributed by atoms with E-state index in [-0.39, 0.29) is 5.91 Å². The molecule has 3 atom stereocenters. The molecule has 1 aromatic rings. The number of thioether (sulfide) groups is 1. The predicted molar refractivity (Wildman–Crippen MR) is 73.9 cm³/mol. The van der Waals surface area contributed by atoms with Crippen LogP contribution in [-0.4, -0.2) is 32.9 Å². The summed E-state index contributed by atoms with van der Waals surface area (Å²) in [5.74, 6) is 2.99. The quantitative estimate of drug-likeness (QED) is 0.806. The molecule has 2 saturated carbocycles. The van der Waals surface area contributed by atoms with Gasteiger partial charge in [-0.2, -0.15) is 0 Å². The second kappa shape index (κ2) is 5.53. The van der Waals surface area contributed by atoms with Gasteiger partial charge in [0, 0.05) is 12.5 Å². The van der Waals surface area contributed by atoms with E-state index >= 15 is 0 Å². The largest absolute Gasteiger partial charge is 0.352 e. The van der Waals surface area contributed by atoms with Gasteiger partial charge in [-0.05, 0) is 31.1 Å². The van der Waals surface area contributed by atoms with Crippen LogP contribution in [0.5, 0.6) is 0 Å². The van der Waals surface area contributed by atoms with E-state index in [9.17, 15) is 4.79 Å². The summed E-state index contributed by atoms with van der Waals surface area (Å²) >= 11 is 1.40. The van der Waals surface area contributed by atoms with Crippen molar-refractivity contribution in [3.63, 3.8) is 0 Å². The molecule has 2 N–H and O–H groups in total. The average Bonchev–Trinajstić information content (AvgIpc) is 3.12. The van der Waals surface area contributed by atoms with Crippen molar-refractivity contribution >= 4 is 17.7 Å². The molecule has 1 amide bonds. The zero-order valence-electron chi connectivity index (χ0n) is 11.2. The second-order valence-corrected chi connectivity index (χ2v) is 6.50. The monoisotopic (exact) mass is 280 g/mol. The van der Waals surface area contributed by atoms with Crippen LogP contribution in [0.3, 0.4) is 0 Å². The van der Waals surface area contributed by atoms with Gasteiger partial charge < -0.3 is 5.32 Å². The molecule has 3 rings (SSSR count). The number of carbonyl (C=O) groups is 1. The Bertz CT molecular complexity index is 461. The van der Waals surface area contributed by atoms with E-state index in [1.165, 1.54) is 37.4 Å². The molecule has 104 valence electrons.